The van der Waals surface area contributed by atoms with Crippen molar-refractivity contribution in [1.29, 1.82) is 0 Å². The van der Waals surface area contributed by atoms with Gasteiger partial charge in [0.15, 0.2) is 0 Å². The summed E-state index contributed by atoms with van der Waals surface area (Å²) >= 11 is 0. The molecule has 0 heterocycles. The van der Waals surface area contributed by atoms with E-state index in [1.54, 1.807) is 0 Å². The minimum Gasteiger partial charge on any atom is -0.386 e. The van der Waals surface area contributed by atoms with E-state index >= 15 is 0 Å². The van der Waals surface area contributed by atoms with Gasteiger partial charge in [-0.05, 0) is 51.6 Å². The molecule has 0 N–H and O–H groups in total. The first-order valence-electron chi connectivity index (χ1n) is 14.7. The number of phosphoric ester groups is 1. The van der Waals surface area contributed by atoms with Crippen molar-refractivity contribution in [3.63, 3.8) is 0 Å². The third-order valence-electron chi connectivity index (χ3n) is 7.26. The Hall–Kier alpha value is -5.05. The molecule has 5 heteroatoms. The molecule has 0 aliphatic carbocycles. The molecule has 0 bridgehead atoms. The van der Waals surface area contributed by atoms with Crippen LogP contribution >= 0.6 is 7.82 Å². The van der Waals surface area contributed by atoms with Gasteiger partial charge in [0.05, 0.1) is 0 Å². The molecule has 6 aromatic carbocycles. The van der Waals surface area contributed by atoms with Crippen LogP contribution in [0.15, 0.2) is 164 Å². The highest BCUT2D eigenvalue weighted by Crippen LogP contribution is 2.52. The normalized spacial score (nSPS) is 11.1. The molecule has 0 atom stereocenters. The van der Waals surface area contributed by atoms with Crippen molar-refractivity contribution in [2.75, 3.05) is 0 Å². The van der Waals surface area contributed by atoms with Crippen LogP contribution in [-0.4, -0.2) is 0 Å². The number of benzene rings is 6. The van der Waals surface area contributed by atoms with Crippen molar-refractivity contribution in [3.05, 3.63) is 197 Å². The van der Waals surface area contributed by atoms with Gasteiger partial charge in [-0.3, -0.25) is 0 Å². The van der Waals surface area contributed by atoms with Gasteiger partial charge in [-0.1, -0.05) is 146 Å². The summed E-state index contributed by atoms with van der Waals surface area (Å²) in [5, 5.41) is 0. The van der Waals surface area contributed by atoms with E-state index in [1.807, 2.05) is 127 Å². The number of phosphoric acid groups is 1. The summed E-state index contributed by atoms with van der Waals surface area (Å²) in [4.78, 5) is 0. The van der Waals surface area contributed by atoms with Crippen LogP contribution in [0.5, 0.6) is 17.2 Å². The Morgan fingerprint density at radius 2 is 0.591 bits per heavy atom. The van der Waals surface area contributed by atoms with E-state index in [2.05, 4.69) is 36.4 Å². The van der Waals surface area contributed by atoms with Crippen LogP contribution in [0.4, 0.5) is 0 Å². The SMILES string of the molecule is O=P(Oc1ccccc1Cc1ccccc1)(Oc1ccccc1Cc1ccccc1)Oc1ccccc1Cc1ccccc1. The molecular formula is C39H33O4P. The van der Waals surface area contributed by atoms with E-state index in [-0.39, 0.29) is 0 Å². The summed E-state index contributed by atoms with van der Waals surface area (Å²) < 4.78 is 33.9. The van der Waals surface area contributed by atoms with Crippen molar-refractivity contribution in [2.45, 2.75) is 19.3 Å². The second kappa shape index (κ2) is 13.9. The summed E-state index contributed by atoms with van der Waals surface area (Å²) in [5.74, 6) is 1.34. The van der Waals surface area contributed by atoms with E-state index in [1.165, 1.54) is 0 Å². The van der Waals surface area contributed by atoms with Crippen LogP contribution in [0.25, 0.3) is 0 Å². The van der Waals surface area contributed by atoms with Gasteiger partial charge in [-0.2, -0.15) is 4.57 Å². The Labute approximate surface area is 259 Å². The van der Waals surface area contributed by atoms with E-state index < -0.39 is 7.82 Å². The molecule has 0 aromatic heterocycles. The first-order chi connectivity index (χ1) is 21.6. The predicted octanol–water partition coefficient (Wildman–Crippen LogP) is 10.1. The lowest BCUT2D eigenvalue weighted by Gasteiger charge is -2.23. The molecule has 0 amide bonds. The lowest BCUT2D eigenvalue weighted by atomic mass is 10.0. The molecule has 6 rings (SSSR count). The highest BCUT2D eigenvalue weighted by Gasteiger charge is 2.35. The predicted molar refractivity (Wildman–Crippen MR) is 177 cm³/mol. The van der Waals surface area contributed by atoms with E-state index in [4.69, 9.17) is 13.6 Å². The molecule has 0 radical (unpaired) electrons. The number of rotatable bonds is 12. The molecule has 0 fully saturated rings. The number of hydrogen-bond acceptors (Lipinski definition) is 4. The van der Waals surface area contributed by atoms with Crippen molar-refractivity contribution >= 4 is 7.82 Å². The van der Waals surface area contributed by atoms with Gasteiger partial charge in [0.25, 0.3) is 0 Å². The maximum absolute atomic E-state index is 14.9. The maximum Gasteiger partial charge on any atom is 0.647 e. The van der Waals surface area contributed by atoms with Gasteiger partial charge in [0.2, 0.25) is 0 Å². The topological polar surface area (TPSA) is 44.8 Å². The Bertz CT molecular complexity index is 1620. The fraction of sp³-hybridized carbons (Fsp3) is 0.0769. The molecule has 0 unspecified atom stereocenters. The second-order valence-electron chi connectivity index (χ2n) is 10.5. The van der Waals surface area contributed by atoms with Crippen molar-refractivity contribution in [1.82, 2.24) is 0 Å². The molecule has 0 saturated heterocycles. The molecule has 0 saturated carbocycles. The third-order valence-corrected chi connectivity index (χ3v) is 8.52. The largest absolute Gasteiger partial charge is 0.647 e. The average molecular weight is 597 g/mol. The van der Waals surface area contributed by atoms with Gasteiger partial charge in [-0.15, -0.1) is 0 Å². The minimum atomic E-state index is -4.28. The van der Waals surface area contributed by atoms with E-state index in [0.717, 1.165) is 33.4 Å². The first kappa shape index (κ1) is 29.0. The molecule has 4 nitrogen and oxygen atoms in total. The molecule has 44 heavy (non-hydrogen) atoms. The second-order valence-corrected chi connectivity index (χ2v) is 12.0. The van der Waals surface area contributed by atoms with Gasteiger partial charge >= 0.3 is 7.82 Å². The zero-order valence-corrected chi connectivity index (χ0v) is 25.2. The highest BCUT2D eigenvalue weighted by molar-refractivity contribution is 7.49. The van der Waals surface area contributed by atoms with Crippen molar-refractivity contribution in [2.24, 2.45) is 0 Å². The summed E-state index contributed by atoms with van der Waals surface area (Å²) in [6.07, 6.45) is 1.81. The Morgan fingerprint density at radius 3 is 0.886 bits per heavy atom. The third kappa shape index (κ3) is 7.66. The van der Waals surface area contributed by atoms with Crippen LogP contribution in [0.2, 0.25) is 0 Å². The van der Waals surface area contributed by atoms with Gasteiger partial charge in [0, 0.05) is 19.3 Å². The Kier molecular flexibility index (Phi) is 9.21. The van der Waals surface area contributed by atoms with Gasteiger partial charge < -0.3 is 13.6 Å². The van der Waals surface area contributed by atoms with Gasteiger partial charge in [0.1, 0.15) is 17.2 Å². The highest BCUT2D eigenvalue weighted by atomic mass is 31.2. The first-order valence-corrected chi connectivity index (χ1v) is 16.1. The molecule has 0 aliphatic heterocycles. The molecule has 0 aliphatic rings. The van der Waals surface area contributed by atoms with Crippen LogP contribution in [0, 0.1) is 0 Å². The summed E-state index contributed by atoms with van der Waals surface area (Å²) in [7, 11) is -4.28. The van der Waals surface area contributed by atoms with E-state index in [0.29, 0.717) is 36.5 Å². The smallest absolute Gasteiger partial charge is 0.386 e. The molecule has 0 spiro atoms. The van der Waals surface area contributed by atoms with Gasteiger partial charge in [-0.25, -0.2) is 0 Å². The summed E-state index contributed by atoms with van der Waals surface area (Å²) in [5.41, 5.74) is 5.97. The Balaban J connectivity index is 1.36. The van der Waals surface area contributed by atoms with Crippen LogP contribution in [0.1, 0.15) is 33.4 Å². The Morgan fingerprint density at radius 1 is 0.341 bits per heavy atom. The number of para-hydroxylation sites is 3. The summed E-state index contributed by atoms with van der Waals surface area (Å²) in [6.45, 7) is 0. The standard InChI is InChI=1S/C39H33O4P/c40-44(41-37-25-13-10-22-34(37)28-31-16-4-1-5-17-31,42-38-26-14-11-23-35(38)29-32-18-6-2-7-19-32)43-39-27-15-12-24-36(39)30-33-20-8-3-9-21-33/h1-27H,28-30H2. The average Bonchev–Trinajstić information content (AvgIpc) is 3.05. The monoisotopic (exact) mass is 596 g/mol. The number of hydrogen-bond donors (Lipinski definition) is 0. The fourth-order valence-electron chi connectivity index (χ4n) is 5.08. The van der Waals surface area contributed by atoms with Crippen molar-refractivity contribution < 1.29 is 18.1 Å². The van der Waals surface area contributed by atoms with Crippen LogP contribution < -0.4 is 13.6 Å². The van der Waals surface area contributed by atoms with E-state index in [9.17, 15) is 4.57 Å². The minimum absolute atomic E-state index is 0.445. The quantitative estimate of drug-likeness (QED) is 0.132. The summed E-state index contributed by atoms with van der Waals surface area (Å²) in [6, 6.07) is 53.1. The lowest BCUT2D eigenvalue weighted by Crippen LogP contribution is -2.11. The van der Waals surface area contributed by atoms with Crippen molar-refractivity contribution in [3.8, 4) is 17.2 Å². The lowest BCUT2D eigenvalue weighted by molar-refractivity contribution is 0.296. The zero-order chi connectivity index (χ0) is 30.0. The molecule has 218 valence electrons. The fourth-order valence-corrected chi connectivity index (χ4v) is 6.45. The molecular weight excluding hydrogens is 563 g/mol. The van der Waals surface area contributed by atoms with Crippen LogP contribution in [0.3, 0.4) is 0 Å². The molecule has 6 aromatic rings. The zero-order valence-electron chi connectivity index (χ0n) is 24.3. The van der Waals surface area contributed by atoms with Crippen LogP contribution in [-0.2, 0) is 23.8 Å². The maximum atomic E-state index is 14.9.